The summed E-state index contributed by atoms with van der Waals surface area (Å²) in [5.41, 5.74) is 2.20. The second-order valence-corrected chi connectivity index (χ2v) is 7.68. The Kier molecular flexibility index (Phi) is 4.96. The molecule has 1 aromatic heterocycles. The van der Waals surface area contributed by atoms with Gasteiger partial charge in [-0.1, -0.05) is 25.0 Å². The molecule has 0 spiro atoms. The molecule has 26 heavy (non-hydrogen) atoms. The molecule has 2 aromatic rings. The number of carbonyl (C=O) groups is 1. The SMILES string of the molecule is C[C@@H](NC(=O)N1CCC[C@@H]1C1CCCC1)c1ccc(-n2ccnc2)cc1. The van der Waals surface area contributed by atoms with Crippen molar-refractivity contribution >= 4 is 6.03 Å². The van der Waals surface area contributed by atoms with Crippen LogP contribution in [0.5, 0.6) is 0 Å². The summed E-state index contributed by atoms with van der Waals surface area (Å²) in [7, 11) is 0. The average Bonchev–Trinajstić information content (AvgIpc) is 3.43. The zero-order chi connectivity index (χ0) is 17.9. The Hall–Kier alpha value is -2.30. The molecule has 0 radical (unpaired) electrons. The van der Waals surface area contributed by atoms with Crippen LogP contribution >= 0.6 is 0 Å². The fourth-order valence-electron chi connectivity index (χ4n) is 4.58. The first-order valence-corrected chi connectivity index (χ1v) is 9.88. The highest BCUT2D eigenvalue weighted by Crippen LogP contribution is 2.35. The van der Waals surface area contributed by atoms with E-state index in [4.69, 9.17) is 0 Å². The minimum atomic E-state index is 0.00386. The normalized spacial score (nSPS) is 21.9. The molecule has 0 unspecified atom stereocenters. The summed E-state index contributed by atoms with van der Waals surface area (Å²) in [5.74, 6) is 0.716. The third kappa shape index (κ3) is 3.48. The lowest BCUT2D eigenvalue weighted by molar-refractivity contribution is 0.170. The molecule has 1 saturated heterocycles. The number of imidazole rings is 1. The van der Waals surface area contributed by atoms with E-state index >= 15 is 0 Å². The molecule has 4 rings (SSSR count). The molecular formula is C21H28N4O. The van der Waals surface area contributed by atoms with E-state index in [2.05, 4.69) is 46.4 Å². The Bertz CT molecular complexity index is 719. The minimum Gasteiger partial charge on any atom is -0.331 e. The van der Waals surface area contributed by atoms with Gasteiger partial charge in [0, 0.05) is 30.7 Å². The highest BCUT2D eigenvalue weighted by Gasteiger charge is 2.36. The number of urea groups is 1. The van der Waals surface area contributed by atoms with Gasteiger partial charge in [0.05, 0.1) is 12.4 Å². The number of aromatic nitrogens is 2. The van der Waals surface area contributed by atoms with E-state index in [9.17, 15) is 4.79 Å². The Morgan fingerprint density at radius 2 is 1.92 bits per heavy atom. The second-order valence-electron chi connectivity index (χ2n) is 7.68. The van der Waals surface area contributed by atoms with E-state index in [1.165, 1.54) is 32.1 Å². The van der Waals surface area contributed by atoms with Crippen molar-refractivity contribution < 1.29 is 4.79 Å². The van der Waals surface area contributed by atoms with Crippen molar-refractivity contribution in [3.05, 3.63) is 48.5 Å². The molecule has 5 nitrogen and oxygen atoms in total. The lowest BCUT2D eigenvalue weighted by Gasteiger charge is -2.30. The van der Waals surface area contributed by atoms with Crippen LogP contribution in [0.1, 0.15) is 57.1 Å². The van der Waals surface area contributed by atoms with Crippen LogP contribution in [0, 0.1) is 5.92 Å². The van der Waals surface area contributed by atoms with E-state index in [0.717, 1.165) is 24.2 Å². The van der Waals surface area contributed by atoms with Crippen LogP contribution in [-0.4, -0.2) is 33.1 Å². The summed E-state index contributed by atoms with van der Waals surface area (Å²) in [6, 6.07) is 8.86. The van der Waals surface area contributed by atoms with Crippen molar-refractivity contribution in [2.45, 2.75) is 57.5 Å². The standard InChI is InChI=1S/C21H28N4O/c1-16(17-8-10-19(11-9-17)24-14-12-22-15-24)23-21(26)25-13-4-7-20(25)18-5-2-3-6-18/h8-12,14-16,18,20H,2-7,13H2,1H3,(H,23,26)/t16-,20-/m1/s1. The monoisotopic (exact) mass is 352 g/mol. The zero-order valence-electron chi connectivity index (χ0n) is 15.5. The summed E-state index contributed by atoms with van der Waals surface area (Å²) in [6.45, 7) is 2.96. The Labute approximate surface area is 155 Å². The molecule has 2 aliphatic rings. The van der Waals surface area contributed by atoms with Gasteiger partial charge in [-0.2, -0.15) is 0 Å². The number of benzene rings is 1. The van der Waals surface area contributed by atoms with Gasteiger partial charge in [-0.15, -0.1) is 0 Å². The topological polar surface area (TPSA) is 50.2 Å². The zero-order valence-corrected chi connectivity index (χ0v) is 15.5. The minimum absolute atomic E-state index is 0.00386. The van der Waals surface area contributed by atoms with E-state index in [1.54, 1.807) is 12.5 Å². The first kappa shape index (κ1) is 17.1. The molecule has 2 amide bonds. The van der Waals surface area contributed by atoms with Crippen LogP contribution in [-0.2, 0) is 0 Å². The lowest BCUT2D eigenvalue weighted by atomic mass is 9.96. The van der Waals surface area contributed by atoms with Crippen molar-refractivity contribution in [1.82, 2.24) is 19.8 Å². The van der Waals surface area contributed by atoms with Gasteiger partial charge in [-0.3, -0.25) is 0 Å². The van der Waals surface area contributed by atoms with Crippen molar-refractivity contribution in [1.29, 1.82) is 0 Å². The molecule has 2 fully saturated rings. The highest BCUT2D eigenvalue weighted by atomic mass is 16.2. The smallest absolute Gasteiger partial charge is 0.318 e. The summed E-state index contributed by atoms with van der Waals surface area (Å²) < 4.78 is 1.98. The summed E-state index contributed by atoms with van der Waals surface area (Å²) in [4.78, 5) is 19.0. The maximum atomic E-state index is 12.9. The third-order valence-corrected chi connectivity index (χ3v) is 6.04. The van der Waals surface area contributed by atoms with E-state index in [0.29, 0.717) is 12.0 Å². The number of amides is 2. The molecule has 1 aliphatic heterocycles. The predicted molar refractivity (Wildman–Crippen MR) is 102 cm³/mol. The Balaban J connectivity index is 1.39. The van der Waals surface area contributed by atoms with Crippen LogP contribution in [0.25, 0.3) is 5.69 Å². The van der Waals surface area contributed by atoms with Crippen molar-refractivity contribution in [2.24, 2.45) is 5.92 Å². The molecule has 1 aromatic carbocycles. The molecule has 2 heterocycles. The summed E-state index contributed by atoms with van der Waals surface area (Å²) in [6.07, 6.45) is 13.0. The van der Waals surface area contributed by atoms with Gasteiger partial charge in [0.1, 0.15) is 0 Å². The van der Waals surface area contributed by atoms with Gasteiger partial charge in [0.25, 0.3) is 0 Å². The number of hydrogen-bond donors (Lipinski definition) is 1. The molecule has 1 saturated carbocycles. The van der Waals surface area contributed by atoms with Crippen molar-refractivity contribution in [3.8, 4) is 5.69 Å². The number of likely N-dealkylation sites (tertiary alicyclic amines) is 1. The van der Waals surface area contributed by atoms with E-state index in [-0.39, 0.29) is 12.1 Å². The number of nitrogens with zero attached hydrogens (tertiary/aromatic N) is 3. The number of hydrogen-bond acceptors (Lipinski definition) is 2. The number of carbonyl (C=O) groups excluding carboxylic acids is 1. The maximum absolute atomic E-state index is 12.9. The summed E-state index contributed by atoms with van der Waals surface area (Å²) in [5, 5.41) is 3.21. The lowest BCUT2D eigenvalue weighted by Crippen LogP contribution is -2.45. The third-order valence-electron chi connectivity index (χ3n) is 6.04. The van der Waals surface area contributed by atoms with Crippen LogP contribution < -0.4 is 5.32 Å². The van der Waals surface area contributed by atoms with Gasteiger partial charge in [-0.25, -0.2) is 9.78 Å². The molecule has 138 valence electrons. The highest BCUT2D eigenvalue weighted by molar-refractivity contribution is 5.75. The predicted octanol–water partition coefficient (Wildman–Crippen LogP) is 4.30. The van der Waals surface area contributed by atoms with Crippen LogP contribution in [0.2, 0.25) is 0 Å². The molecular weight excluding hydrogens is 324 g/mol. The summed E-state index contributed by atoms with van der Waals surface area (Å²) >= 11 is 0. The van der Waals surface area contributed by atoms with Crippen molar-refractivity contribution in [3.63, 3.8) is 0 Å². The fourth-order valence-corrected chi connectivity index (χ4v) is 4.58. The van der Waals surface area contributed by atoms with Crippen molar-refractivity contribution in [2.75, 3.05) is 6.54 Å². The molecule has 2 atom stereocenters. The number of nitrogens with one attached hydrogen (secondary N) is 1. The Morgan fingerprint density at radius 3 is 2.62 bits per heavy atom. The van der Waals surface area contributed by atoms with Gasteiger partial charge in [0.15, 0.2) is 0 Å². The largest absolute Gasteiger partial charge is 0.331 e. The first-order valence-electron chi connectivity index (χ1n) is 9.88. The van der Waals surface area contributed by atoms with Gasteiger partial charge < -0.3 is 14.8 Å². The fraction of sp³-hybridized carbons (Fsp3) is 0.524. The van der Waals surface area contributed by atoms with Gasteiger partial charge >= 0.3 is 6.03 Å². The number of rotatable bonds is 4. The van der Waals surface area contributed by atoms with E-state index < -0.39 is 0 Å². The molecule has 0 bridgehead atoms. The van der Waals surface area contributed by atoms with Crippen LogP contribution in [0.3, 0.4) is 0 Å². The van der Waals surface area contributed by atoms with Crippen LogP contribution in [0.4, 0.5) is 4.79 Å². The molecule has 5 heteroatoms. The molecule has 1 aliphatic carbocycles. The van der Waals surface area contributed by atoms with Gasteiger partial charge in [0.2, 0.25) is 0 Å². The maximum Gasteiger partial charge on any atom is 0.318 e. The first-order chi connectivity index (χ1) is 12.7. The molecule has 1 N–H and O–H groups in total. The second kappa shape index (κ2) is 7.52. The van der Waals surface area contributed by atoms with E-state index in [1.807, 2.05) is 10.8 Å². The Morgan fingerprint density at radius 1 is 1.15 bits per heavy atom. The quantitative estimate of drug-likeness (QED) is 0.892. The van der Waals surface area contributed by atoms with Crippen LogP contribution in [0.15, 0.2) is 43.0 Å². The average molecular weight is 352 g/mol. The van der Waals surface area contributed by atoms with Gasteiger partial charge in [-0.05, 0) is 56.2 Å².